The molecule has 0 fully saturated rings. The fraction of sp³-hybridized carbons (Fsp3) is 0.652. The Labute approximate surface area is 165 Å². The zero-order chi connectivity index (χ0) is 19.7. The molecule has 1 N–H and O–H groups in total. The van der Waals surface area contributed by atoms with Crippen LogP contribution in [0.3, 0.4) is 0 Å². The van der Waals surface area contributed by atoms with Gasteiger partial charge in [-0.3, -0.25) is 9.59 Å². The van der Waals surface area contributed by atoms with Crippen LogP contribution in [-0.2, 0) is 20.9 Å². The summed E-state index contributed by atoms with van der Waals surface area (Å²) in [4.78, 5) is 23.5. The van der Waals surface area contributed by atoms with E-state index in [4.69, 9.17) is 4.74 Å². The van der Waals surface area contributed by atoms with Crippen LogP contribution in [0.15, 0.2) is 24.3 Å². The van der Waals surface area contributed by atoms with Crippen molar-refractivity contribution < 1.29 is 14.3 Å². The molecular weight excluding hydrogens is 338 g/mol. The van der Waals surface area contributed by atoms with Gasteiger partial charge in [-0.15, -0.1) is 0 Å². The topological polar surface area (TPSA) is 55.4 Å². The molecule has 1 aromatic carbocycles. The number of carbonyl (C=O) groups excluding carboxylic acids is 2. The van der Waals surface area contributed by atoms with Gasteiger partial charge in [-0.25, -0.2) is 0 Å². The number of ether oxygens (including phenoxy) is 1. The highest BCUT2D eigenvalue weighted by molar-refractivity contribution is 5.77. The average molecular weight is 376 g/mol. The minimum absolute atomic E-state index is 0.0218. The Morgan fingerprint density at radius 1 is 0.852 bits per heavy atom. The molecule has 0 aliphatic rings. The SMILES string of the molecule is CCCCCCCCCCOC(=O)CCCC(=O)NCc1ccc(C)cc1. The minimum atomic E-state index is -0.190. The van der Waals surface area contributed by atoms with Gasteiger partial charge in [0.2, 0.25) is 5.91 Å². The van der Waals surface area contributed by atoms with Crippen LogP contribution in [0, 0.1) is 6.92 Å². The molecule has 27 heavy (non-hydrogen) atoms. The van der Waals surface area contributed by atoms with Gasteiger partial charge in [-0.2, -0.15) is 0 Å². The maximum absolute atomic E-state index is 11.8. The first-order valence-corrected chi connectivity index (χ1v) is 10.6. The number of unbranched alkanes of at least 4 members (excludes halogenated alkanes) is 7. The molecule has 0 atom stereocenters. The third kappa shape index (κ3) is 13.0. The number of amides is 1. The van der Waals surface area contributed by atoms with E-state index in [2.05, 4.69) is 12.2 Å². The molecule has 4 heteroatoms. The van der Waals surface area contributed by atoms with E-state index in [9.17, 15) is 9.59 Å². The zero-order valence-corrected chi connectivity index (χ0v) is 17.2. The molecule has 0 heterocycles. The van der Waals surface area contributed by atoms with Gasteiger partial charge < -0.3 is 10.1 Å². The highest BCUT2D eigenvalue weighted by Gasteiger charge is 2.06. The Morgan fingerprint density at radius 3 is 2.15 bits per heavy atom. The maximum Gasteiger partial charge on any atom is 0.305 e. The highest BCUT2D eigenvalue weighted by atomic mass is 16.5. The molecule has 4 nitrogen and oxygen atoms in total. The molecule has 0 bridgehead atoms. The number of benzene rings is 1. The normalized spacial score (nSPS) is 10.6. The number of aryl methyl sites for hydroxylation is 1. The summed E-state index contributed by atoms with van der Waals surface area (Å²) in [5.41, 5.74) is 2.29. The van der Waals surface area contributed by atoms with Crippen LogP contribution in [0.2, 0.25) is 0 Å². The van der Waals surface area contributed by atoms with Crippen LogP contribution in [0.5, 0.6) is 0 Å². The first kappa shape index (κ1) is 23.2. The lowest BCUT2D eigenvalue weighted by molar-refractivity contribution is -0.143. The summed E-state index contributed by atoms with van der Waals surface area (Å²) < 4.78 is 5.24. The molecule has 0 spiro atoms. The third-order valence-electron chi connectivity index (χ3n) is 4.66. The molecule has 1 rings (SSSR count). The number of nitrogens with one attached hydrogen (secondary N) is 1. The van der Waals surface area contributed by atoms with Gasteiger partial charge >= 0.3 is 5.97 Å². The number of hydrogen-bond acceptors (Lipinski definition) is 3. The largest absolute Gasteiger partial charge is 0.466 e. The van der Waals surface area contributed by atoms with E-state index in [-0.39, 0.29) is 11.9 Å². The Hall–Kier alpha value is -1.84. The smallest absolute Gasteiger partial charge is 0.305 e. The molecule has 0 radical (unpaired) electrons. The molecule has 152 valence electrons. The van der Waals surface area contributed by atoms with Crippen molar-refractivity contribution in [3.05, 3.63) is 35.4 Å². The molecule has 1 aromatic rings. The summed E-state index contributed by atoms with van der Waals surface area (Å²) in [5.74, 6) is -0.212. The summed E-state index contributed by atoms with van der Waals surface area (Å²) in [6.45, 7) is 5.30. The van der Waals surface area contributed by atoms with Gasteiger partial charge in [-0.05, 0) is 25.3 Å². The average Bonchev–Trinajstić information content (AvgIpc) is 2.66. The van der Waals surface area contributed by atoms with Crippen LogP contribution in [0.25, 0.3) is 0 Å². The second kappa shape index (κ2) is 15.2. The standard InChI is InChI=1S/C23H37NO3/c1-3-4-5-6-7-8-9-10-18-27-23(26)13-11-12-22(25)24-19-21-16-14-20(2)15-17-21/h14-17H,3-13,18-19H2,1-2H3,(H,24,25). The van der Waals surface area contributed by atoms with Crippen LogP contribution in [0.4, 0.5) is 0 Å². The van der Waals surface area contributed by atoms with Crippen LogP contribution in [-0.4, -0.2) is 18.5 Å². The van der Waals surface area contributed by atoms with E-state index in [1.165, 1.54) is 44.1 Å². The highest BCUT2D eigenvalue weighted by Crippen LogP contribution is 2.09. The Balaban J connectivity index is 1.94. The molecule has 0 aliphatic carbocycles. The predicted molar refractivity (Wildman–Crippen MR) is 110 cm³/mol. The van der Waals surface area contributed by atoms with Crippen molar-refractivity contribution in [3.63, 3.8) is 0 Å². The van der Waals surface area contributed by atoms with Crippen molar-refractivity contribution in [2.75, 3.05) is 6.61 Å². The lowest BCUT2D eigenvalue weighted by atomic mass is 10.1. The first-order chi connectivity index (χ1) is 13.1. The lowest BCUT2D eigenvalue weighted by Gasteiger charge is -2.07. The van der Waals surface area contributed by atoms with Gasteiger partial charge in [0.1, 0.15) is 0 Å². The van der Waals surface area contributed by atoms with Crippen molar-refractivity contribution in [2.45, 2.75) is 91.0 Å². The third-order valence-corrected chi connectivity index (χ3v) is 4.66. The van der Waals surface area contributed by atoms with Gasteiger partial charge in [0.05, 0.1) is 6.61 Å². The first-order valence-electron chi connectivity index (χ1n) is 10.6. The number of hydrogen-bond donors (Lipinski definition) is 1. The van der Waals surface area contributed by atoms with E-state index in [1.54, 1.807) is 0 Å². The van der Waals surface area contributed by atoms with Crippen molar-refractivity contribution >= 4 is 11.9 Å². The molecule has 0 saturated heterocycles. The summed E-state index contributed by atoms with van der Waals surface area (Å²) in [7, 11) is 0. The zero-order valence-electron chi connectivity index (χ0n) is 17.2. The lowest BCUT2D eigenvalue weighted by Crippen LogP contribution is -2.22. The van der Waals surface area contributed by atoms with Crippen molar-refractivity contribution in [2.24, 2.45) is 0 Å². The fourth-order valence-electron chi connectivity index (χ4n) is 2.88. The van der Waals surface area contributed by atoms with Gasteiger partial charge in [0.25, 0.3) is 0 Å². The quantitative estimate of drug-likeness (QED) is 0.327. The Bertz CT molecular complexity index is 525. The fourth-order valence-corrected chi connectivity index (χ4v) is 2.88. The van der Waals surface area contributed by atoms with Crippen LogP contribution >= 0.6 is 0 Å². The van der Waals surface area contributed by atoms with E-state index in [0.717, 1.165) is 18.4 Å². The van der Waals surface area contributed by atoms with Crippen molar-refractivity contribution in [3.8, 4) is 0 Å². The summed E-state index contributed by atoms with van der Waals surface area (Å²) in [6.07, 6.45) is 11.1. The molecule has 0 aliphatic heterocycles. The van der Waals surface area contributed by atoms with Crippen molar-refractivity contribution in [1.29, 1.82) is 0 Å². The summed E-state index contributed by atoms with van der Waals surface area (Å²) in [6, 6.07) is 8.09. The number of esters is 1. The minimum Gasteiger partial charge on any atom is -0.466 e. The number of rotatable bonds is 15. The van der Waals surface area contributed by atoms with Crippen LogP contribution < -0.4 is 5.32 Å². The molecule has 0 aromatic heterocycles. The molecule has 0 unspecified atom stereocenters. The number of carbonyl (C=O) groups is 2. The Morgan fingerprint density at radius 2 is 1.48 bits per heavy atom. The summed E-state index contributed by atoms with van der Waals surface area (Å²) in [5, 5.41) is 2.89. The van der Waals surface area contributed by atoms with E-state index in [0.29, 0.717) is 32.4 Å². The molecular formula is C23H37NO3. The monoisotopic (exact) mass is 375 g/mol. The van der Waals surface area contributed by atoms with E-state index < -0.39 is 0 Å². The van der Waals surface area contributed by atoms with Crippen LogP contribution in [0.1, 0.15) is 88.7 Å². The molecule has 0 saturated carbocycles. The Kier molecular flexibility index (Phi) is 13.1. The second-order valence-corrected chi connectivity index (χ2v) is 7.31. The van der Waals surface area contributed by atoms with Gasteiger partial charge in [0.15, 0.2) is 0 Å². The predicted octanol–water partition coefficient (Wildman–Crippen LogP) is 5.47. The second-order valence-electron chi connectivity index (χ2n) is 7.31. The van der Waals surface area contributed by atoms with Gasteiger partial charge in [0, 0.05) is 19.4 Å². The van der Waals surface area contributed by atoms with E-state index in [1.807, 2.05) is 31.2 Å². The maximum atomic E-state index is 11.8. The molecule has 1 amide bonds. The van der Waals surface area contributed by atoms with E-state index >= 15 is 0 Å². The summed E-state index contributed by atoms with van der Waals surface area (Å²) >= 11 is 0. The van der Waals surface area contributed by atoms with Crippen molar-refractivity contribution in [1.82, 2.24) is 5.32 Å². The van der Waals surface area contributed by atoms with Gasteiger partial charge in [-0.1, -0.05) is 81.7 Å².